The third-order valence-corrected chi connectivity index (χ3v) is 4.49. The summed E-state index contributed by atoms with van der Waals surface area (Å²) in [7, 11) is 0. The molecule has 0 saturated carbocycles. The fourth-order valence-corrected chi connectivity index (χ4v) is 3.14. The molecule has 1 heterocycles. The number of rotatable bonds is 9. The van der Waals surface area contributed by atoms with Crippen LogP contribution < -0.4 is 9.47 Å². The molecule has 146 valence electrons. The van der Waals surface area contributed by atoms with E-state index in [0.717, 1.165) is 11.8 Å². The van der Waals surface area contributed by atoms with Crippen molar-refractivity contribution in [3.8, 4) is 17.2 Å². The molecule has 0 fully saturated rings. The summed E-state index contributed by atoms with van der Waals surface area (Å²) in [6, 6.07) is 12.8. The molecule has 0 aliphatic heterocycles. The van der Waals surface area contributed by atoms with Gasteiger partial charge in [-0.2, -0.15) is 13.5 Å². The molecule has 0 radical (unpaired) electrons. The van der Waals surface area contributed by atoms with Gasteiger partial charge in [-0.05, 0) is 53.7 Å². The zero-order valence-corrected chi connectivity index (χ0v) is 15.6. The lowest BCUT2D eigenvalue weighted by Crippen LogP contribution is -2.07. The highest BCUT2D eigenvalue weighted by Crippen LogP contribution is 2.26. The maximum atomic E-state index is 12.4. The van der Waals surface area contributed by atoms with Gasteiger partial charge in [-0.15, -0.1) is 5.10 Å². The number of halogens is 2. The van der Waals surface area contributed by atoms with Crippen molar-refractivity contribution in [1.29, 1.82) is 0 Å². The van der Waals surface area contributed by atoms with Crippen molar-refractivity contribution >= 4 is 17.5 Å². The van der Waals surface area contributed by atoms with Gasteiger partial charge in [-0.1, -0.05) is 23.9 Å². The smallest absolute Gasteiger partial charge is 0.387 e. The Morgan fingerprint density at radius 3 is 2.64 bits per heavy atom. The molecule has 0 saturated heterocycles. The minimum atomic E-state index is -2.91. The van der Waals surface area contributed by atoms with Crippen molar-refractivity contribution in [1.82, 2.24) is 20.2 Å². The van der Waals surface area contributed by atoms with E-state index in [2.05, 4.69) is 20.3 Å². The van der Waals surface area contributed by atoms with Gasteiger partial charge >= 0.3 is 6.61 Å². The van der Waals surface area contributed by atoms with Gasteiger partial charge in [-0.3, -0.25) is 4.79 Å². The second-order valence-electron chi connectivity index (χ2n) is 5.39. The summed E-state index contributed by atoms with van der Waals surface area (Å²) in [5.74, 6) is 0.503. The van der Waals surface area contributed by atoms with Crippen LogP contribution in [-0.2, 0) is 0 Å². The highest BCUT2D eigenvalue weighted by molar-refractivity contribution is 7.99. The molecule has 3 aromatic rings. The van der Waals surface area contributed by atoms with Gasteiger partial charge in [0.15, 0.2) is 5.78 Å². The molecule has 3 rings (SSSR count). The van der Waals surface area contributed by atoms with Crippen LogP contribution in [0.15, 0.2) is 53.7 Å². The van der Waals surface area contributed by atoms with Crippen molar-refractivity contribution in [3.63, 3.8) is 0 Å². The Morgan fingerprint density at radius 2 is 1.93 bits per heavy atom. The highest BCUT2D eigenvalue weighted by Gasteiger charge is 2.16. The third-order valence-electron chi connectivity index (χ3n) is 3.57. The number of carbonyl (C=O) groups is 1. The first-order chi connectivity index (χ1) is 13.6. The maximum Gasteiger partial charge on any atom is 0.387 e. The number of Topliss-reactive ketones (excluding diaryl/α,β-unsaturated/α-hetero) is 1. The van der Waals surface area contributed by atoms with E-state index in [0.29, 0.717) is 28.8 Å². The number of hydrogen-bond donors (Lipinski definition) is 0. The number of benzene rings is 2. The summed E-state index contributed by atoms with van der Waals surface area (Å²) in [5, 5.41) is 12.0. The van der Waals surface area contributed by atoms with Crippen molar-refractivity contribution in [2.45, 2.75) is 18.7 Å². The first-order valence-electron chi connectivity index (χ1n) is 8.30. The molecule has 2 aromatic carbocycles. The summed E-state index contributed by atoms with van der Waals surface area (Å²) >= 11 is 1.16. The van der Waals surface area contributed by atoms with Crippen LogP contribution in [0.1, 0.15) is 17.3 Å². The fourth-order valence-electron chi connectivity index (χ4n) is 2.37. The van der Waals surface area contributed by atoms with Crippen LogP contribution in [0.25, 0.3) is 5.69 Å². The normalized spacial score (nSPS) is 10.9. The maximum absolute atomic E-state index is 12.4. The van der Waals surface area contributed by atoms with E-state index >= 15 is 0 Å². The second-order valence-corrected chi connectivity index (χ2v) is 6.33. The topological polar surface area (TPSA) is 79.1 Å². The van der Waals surface area contributed by atoms with Gasteiger partial charge in [0.1, 0.15) is 17.2 Å². The van der Waals surface area contributed by atoms with Crippen LogP contribution >= 0.6 is 11.8 Å². The molecule has 0 atom stereocenters. The first-order valence-corrected chi connectivity index (χ1v) is 9.28. The molecule has 0 bridgehead atoms. The monoisotopic (exact) mass is 406 g/mol. The Labute approximate surface area is 163 Å². The first kappa shape index (κ1) is 19.7. The summed E-state index contributed by atoms with van der Waals surface area (Å²) in [4.78, 5) is 12.4. The molecule has 0 amide bonds. The van der Waals surface area contributed by atoms with Gasteiger partial charge in [0.05, 0.1) is 12.4 Å². The number of para-hydroxylation sites is 2. The lowest BCUT2D eigenvalue weighted by molar-refractivity contribution is -0.0498. The van der Waals surface area contributed by atoms with Crippen LogP contribution in [0.3, 0.4) is 0 Å². The Kier molecular flexibility index (Phi) is 6.53. The standard InChI is InChI=1S/C18H16F2N4O3S/c1-2-26-16-6-4-3-5-14(16)24-18(21-22-23-24)28-11-15(25)12-7-9-13(10-8-12)27-17(19)20/h3-10,17H,2,11H2,1H3. The van der Waals surface area contributed by atoms with Crippen molar-refractivity contribution < 1.29 is 23.0 Å². The Hall–Kier alpha value is -3.01. The fraction of sp³-hybridized carbons (Fsp3) is 0.222. The van der Waals surface area contributed by atoms with E-state index in [9.17, 15) is 13.6 Å². The zero-order valence-electron chi connectivity index (χ0n) is 14.8. The number of carbonyl (C=O) groups excluding carboxylic acids is 1. The van der Waals surface area contributed by atoms with Crippen molar-refractivity contribution in [2.75, 3.05) is 12.4 Å². The summed E-state index contributed by atoms with van der Waals surface area (Å²) in [6.07, 6.45) is 0. The average molecular weight is 406 g/mol. The van der Waals surface area contributed by atoms with E-state index in [-0.39, 0.29) is 17.3 Å². The number of aromatic nitrogens is 4. The molecule has 7 nitrogen and oxygen atoms in total. The van der Waals surface area contributed by atoms with Gasteiger partial charge in [0, 0.05) is 5.56 Å². The minimum Gasteiger partial charge on any atom is -0.492 e. The van der Waals surface area contributed by atoms with E-state index in [1.54, 1.807) is 0 Å². The molecule has 0 unspecified atom stereocenters. The van der Waals surface area contributed by atoms with Crippen LogP contribution in [0.4, 0.5) is 8.78 Å². The summed E-state index contributed by atoms with van der Waals surface area (Å²) in [6.45, 7) is -0.538. The summed E-state index contributed by atoms with van der Waals surface area (Å²) in [5.41, 5.74) is 1.04. The molecule has 1 aromatic heterocycles. The van der Waals surface area contributed by atoms with E-state index in [1.165, 1.54) is 28.9 Å². The number of tetrazole rings is 1. The number of alkyl halides is 2. The van der Waals surface area contributed by atoms with Crippen LogP contribution in [0.5, 0.6) is 11.5 Å². The summed E-state index contributed by atoms with van der Waals surface area (Å²) < 4.78 is 35.7. The number of hydrogen-bond acceptors (Lipinski definition) is 7. The molecule has 28 heavy (non-hydrogen) atoms. The molecule has 0 spiro atoms. The number of thioether (sulfide) groups is 1. The molecular weight excluding hydrogens is 390 g/mol. The van der Waals surface area contributed by atoms with Crippen LogP contribution in [-0.4, -0.2) is 45.0 Å². The van der Waals surface area contributed by atoms with Gasteiger partial charge in [0.2, 0.25) is 5.16 Å². The predicted molar refractivity (Wildman–Crippen MR) is 98.5 cm³/mol. The lowest BCUT2D eigenvalue weighted by Gasteiger charge is -2.10. The van der Waals surface area contributed by atoms with Gasteiger partial charge < -0.3 is 9.47 Å². The van der Waals surface area contributed by atoms with Gasteiger partial charge in [-0.25, -0.2) is 0 Å². The number of nitrogens with zero attached hydrogens (tertiary/aromatic N) is 4. The molecular formula is C18H16F2N4O3S. The number of ketones is 1. The highest BCUT2D eigenvalue weighted by atomic mass is 32.2. The lowest BCUT2D eigenvalue weighted by atomic mass is 10.1. The minimum absolute atomic E-state index is 0.00400. The molecule has 0 N–H and O–H groups in total. The molecule has 0 aliphatic rings. The number of ether oxygens (including phenoxy) is 2. The SMILES string of the molecule is CCOc1ccccc1-n1nnnc1SCC(=O)c1ccc(OC(F)F)cc1. The second kappa shape index (κ2) is 9.27. The average Bonchev–Trinajstić information content (AvgIpc) is 3.15. The predicted octanol–water partition coefficient (Wildman–Crippen LogP) is 3.64. The van der Waals surface area contributed by atoms with Gasteiger partial charge in [0.25, 0.3) is 0 Å². The Balaban J connectivity index is 1.69. The zero-order chi connectivity index (χ0) is 19.9. The van der Waals surface area contributed by atoms with Crippen LogP contribution in [0, 0.1) is 0 Å². The van der Waals surface area contributed by atoms with Crippen molar-refractivity contribution in [3.05, 3.63) is 54.1 Å². The van der Waals surface area contributed by atoms with E-state index < -0.39 is 6.61 Å². The van der Waals surface area contributed by atoms with Crippen LogP contribution in [0.2, 0.25) is 0 Å². The van der Waals surface area contributed by atoms with E-state index in [4.69, 9.17) is 4.74 Å². The quantitative estimate of drug-likeness (QED) is 0.396. The van der Waals surface area contributed by atoms with Crippen molar-refractivity contribution in [2.24, 2.45) is 0 Å². The molecule has 10 heteroatoms. The Morgan fingerprint density at radius 1 is 1.18 bits per heavy atom. The third kappa shape index (κ3) is 4.83. The largest absolute Gasteiger partial charge is 0.492 e. The Bertz CT molecular complexity index is 935. The molecule has 0 aliphatic carbocycles. The van der Waals surface area contributed by atoms with E-state index in [1.807, 2.05) is 31.2 Å².